The fraction of sp³-hybridized carbons (Fsp3) is 0. The van der Waals surface area contributed by atoms with E-state index in [1.165, 1.54) is 109 Å². The Morgan fingerprint density at radius 1 is 0.227 bits per heavy atom. The number of fused-ring (bicyclic) bond motifs is 11. The minimum atomic E-state index is 1.27. The fourth-order valence-electron chi connectivity index (χ4n) is 8.38. The van der Waals surface area contributed by atoms with E-state index in [0.717, 1.165) is 0 Å². The summed E-state index contributed by atoms with van der Waals surface area (Å²) in [4.78, 5) is 0. The van der Waals surface area contributed by atoms with Crippen LogP contribution in [-0.4, -0.2) is 0 Å². The molecular weight excluding hydrogens is 528 g/mol. The minimum absolute atomic E-state index is 1.27. The molecule has 0 bridgehead atoms. The van der Waals surface area contributed by atoms with Gasteiger partial charge in [0.25, 0.3) is 0 Å². The number of hydrogen-bond donors (Lipinski definition) is 0. The molecule has 0 nitrogen and oxygen atoms in total. The average molecular weight is 553 g/mol. The van der Waals surface area contributed by atoms with Crippen molar-refractivity contribution in [3.05, 3.63) is 146 Å². The molecule has 0 spiro atoms. The topological polar surface area (TPSA) is 0 Å². The zero-order chi connectivity index (χ0) is 28.5. The quantitative estimate of drug-likeness (QED) is 0.178. The maximum Gasteiger partial charge on any atom is -0.00199 e. The second-order valence-corrected chi connectivity index (χ2v) is 12.4. The summed E-state index contributed by atoms with van der Waals surface area (Å²) in [6.45, 7) is 0. The lowest BCUT2D eigenvalue weighted by molar-refractivity contribution is 1.66. The summed E-state index contributed by atoms with van der Waals surface area (Å²) >= 11 is 0. The SMILES string of the molecule is c1ccc2cc3c(cc2c1)-c1cccc2c1c-3cc1c3ccccc3c(-c3ccc4c(c3)-c3cccc5cccc-4c35)cc21. The first kappa shape index (κ1) is 22.8. The molecule has 0 atom stereocenters. The van der Waals surface area contributed by atoms with Gasteiger partial charge in [-0.3, -0.25) is 0 Å². The first-order valence-electron chi connectivity index (χ1n) is 15.4. The van der Waals surface area contributed by atoms with Crippen LogP contribution in [0, 0.1) is 0 Å². The van der Waals surface area contributed by atoms with Crippen molar-refractivity contribution in [2.45, 2.75) is 0 Å². The van der Waals surface area contributed by atoms with Crippen LogP contribution in [0.1, 0.15) is 0 Å². The van der Waals surface area contributed by atoms with Gasteiger partial charge in [0.05, 0.1) is 0 Å². The standard InChI is InChI=1S/C44H24/c1-2-9-27-21-39-38(20-26(27)8-1)34-16-7-17-35-41-23-36(29-12-3-4-13-30(29)40(41)24-42(39)44(34)35)28-18-19-31-32-14-5-10-25-11-6-15-33(43(25)32)37(31)22-28/h1-24H. The van der Waals surface area contributed by atoms with Crippen molar-refractivity contribution in [1.82, 2.24) is 0 Å². The van der Waals surface area contributed by atoms with Crippen molar-refractivity contribution in [3.63, 3.8) is 0 Å². The third-order valence-electron chi connectivity index (χ3n) is 10.3. The van der Waals surface area contributed by atoms with Gasteiger partial charge in [0, 0.05) is 0 Å². The highest BCUT2D eigenvalue weighted by molar-refractivity contribution is 6.29. The van der Waals surface area contributed by atoms with Crippen LogP contribution in [-0.2, 0) is 0 Å². The molecule has 0 aliphatic heterocycles. The summed E-state index contributed by atoms with van der Waals surface area (Å²) in [5.74, 6) is 0. The zero-order valence-corrected chi connectivity index (χ0v) is 23.9. The molecule has 0 radical (unpaired) electrons. The Kier molecular flexibility index (Phi) is 4.15. The van der Waals surface area contributed by atoms with Crippen molar-refractivity contribution in [3.8, 4) is 55.6 Å². The lowest BCUT2D eigenvalue weighted by Gasteiger charge is -2.15. The highest BCUT2D eigenvalue weighted by Gasteiger charge is 2.25. The molecule has 0 aromatic heterocycles. The molecule has 0 N–H and O–H groups in total. The van der Waals surface area contributed by atoms with Crippen LogP contribution in [0.4, 0.5) is 0 Å². The molecule has 0 amide bonds. The van der Waals surface area contributed by atoms with Crippen molar-refractivity contribution < 1.29 is 0 Å². The smallest absolute Gasteiger partial charge is 0.00199 e. The summed E-state index contributed by atoms with van der Waals surface area (Å²) in [5.41, 5.74) is 13.3. The highest BCUT2D eigenvalue weighted by Crippen LogP contribution is 2.53. The summed E-state index contributed by atoms with van der Waals surface area (Å²) in [7, 11) is 0. The van der Waals surface area contributed by atoms with Crippen LogP contribution in [0.3, 0.4) is 0 Å². The summed E-state index contributed by atoms with van der Waals surface area (Å²) in [6.07, 6.45) is 0. The molecule has 2 aliphatic carbocycles. The monoisotopic (exact) mass is 552 g/mol. The molecule has 0 saturated carbocycles. The summed E-state index contributed by atoms with van der Waals surface area (Å²) in [5, 5.41) is 13.2. The van der Waals surface area contributed by atoms with Crippen LogP contribution in [0.2, 0.25) is 0 Å². The Bertz CT molecular complexity index is 2750. The summed E-state index contributed by atoms with van der Waals surface area (Å²) in [6, 6.07) is 54.8. The normalized spacial score (nSPS) is 12.5. The molecule has 11 rings (SSSR count). The predicted molar refractivity (Wildman–Crippen MR) is 188 cm³/mol. The minimum Gasteiger partial charge on any atom is -0.0616 e. The third kappa shape index (κ3) is 2.79. The van der Waals surface area contributed by atoms with Crippen molar-refractivity contribution in [2.75, 3.05) is 0 Å². The van der Waals surface area contributed by atoms with Crippen LogP contribution in [0.5, 0.6) is 0 Å². The molecule has 0 fully saturated rings. The lowest BCUT2D eigenvalue weighted by atomic mass is 9.88. The van der Waals surface area contributed by atoms with E-state index in [1.54, 1.807) is 0 Å². The average Bonchev–Trinajstić information content (AvgIpc) is 3.57. The van der Waals surface area contributed by atoms with Crippen LogP contribution in [0.25, 0.3) is 109 Å². The van der Waals surface area contributed by atoms with E-state index >= 15 is 0 Å². The van der Waals surface area contributed by atoms with E-state index in [1.807, 2.05) is 0 Å². The van der Waals surface area contributed by atoms with Gasteiger partial charge in [0.2, 0.25) is 0 Å². The fourth-order valence-corrected chi connectivity index (χ4v) is 8.38. The molecule has 2 aliphatic rings. The second kappa shape index (κ2) is 8.01. The van der Waals surface area contributed by atoms with Gasteiger partial charge in [-0.15, -0.1) is 0 Å². The maximum atomic E-state index is 2.47. The number of rotatable bonds is 1. The van der Waals surface area contributed by atoms with Crippen molar-refractivity contribution >= 4 is 53.9 Å². The largest absolute Gasteiger partial charge is 0.0616 e. The molecule has 0 saturated heterocycles. The van der Waals surface area contributed by atoms with E-state index < -0.39 is 0 Å². The Morgan fingerprint density at radius 2 is 0.773 bits per heavy atom. The van der Waals surface area contributed by atoms with Crippen LogP contribution < -0.4 is 0 Å². The third-order valence-corrected chi connectivity index (χ3v) is 10.3. The lowest BCUT2D eigenvalue weighted by Crippen LogP contribution is -1.88. The van der Waals surface area contributed by atoms with Gasteiger partial charge in [-0.1, -0.05) is 115 Å². The van der Waals surface area contributed by atoms with Gasteiger partial charge >= 0.3 is 0 Å². The Balaban J connectivity index is 1.22. The number of benzene rings is 9. The van der Waals surface area contributed by atoms with Crippen LogP contribution in [0.15, 0.2) is 146 Å². The predicted octanol–water partition coefficient (Wildman–Crippen LogP) is 12.4. The second-order valence-electron chi connectivity index (χ2n) is 12.4. The van der Waals surface area contributed by atoms with E-state index in [-0.39, 0.29) is 0 Å². The Morgan fingerprint density at radius 3 is 1.57 bits per heavy atom. The number of hydrogen-bond acceptors (Lipinski definition) is 0. The zero-order valence-electron chi connectivity index (χ0n) is 23.9. The molecule has 44 heavy (non-hydrogen) atoms. The van der Waals surface area contributed by atoms with Gasteiger partial charge in [0.1, 0.15) is 0 Å². The summed E-state index contributed by atoms with van der Waals surface area (Å²) < 4.78 is 0. The maximum absolute atomic E-state index is 2.47. The van der Waals surface area contributed by atoms with E-state index in [4.69, 9.17) is 0 Å². The van der Waals surface area contributed by atoms with Gasteiger partial charge < -0.3 is 0 Å². The molecular formula is C44H24. The molecule has 0 heterocycles. The van der Waals surface area contributed by atoms with E-state index in [0.29, 0.717) is 0 Å². The van der Waals surface area contributed by atoms with Gasteiger partial charge in [-0.2, -0.15) is 0 Å². The highest BCUT2D eigenvalue weighted by atomic mass is 14.3. The molecule has 0 unspecified atom stereocenters. The first-order valence-corrected chi connectivity index (χ1v) is 15.4. The van der Waals surface area contributed by atoms with Crippen molar-refractivity contribution in [1.29, 1.82) is 0 Å². The molecule has 200 valence electrons. The molecule has 9 aromatic rings. The first-order chi connectivity index (χ1) is 21.8. The van der Waals surface area contributed by atoms with Crippen LogP contribution >= 0.6 is 0 Å². The Labute approximate surface area is 254 Å². The van der Waals surface area contributed by atoms with Gasteiger partial charge in [-0.05, 0) is 140 Å². The van der Waals surface area contributed by atoms with Gasteiger partial charge in [-0.25, -0.2) is 0 Å². The molecule has 0 heteroatoms. The van der Waals surface area contributed by atoms with Gasteiger partial charge in [0.15, 0.2) is 0 Å². The van der Waals surface area contributed by atoms with E-state index in [9.17, 15) is 0 Å². The molecule has 9 aromatic carbocycles. The Hall–Kier alpha value is -5.72. The van der Waals surface area contributed by atoms with E-state index in [2.05, 4.69) is 146 Å². The van der Waals surface area contributed by atoms with Crippen molar-refractivity contribution in [2.24, 2.45) is 0 Å².